The number of allylic oxidation sites excluding steroid dienone is 2. The van der Waals surface area contributed by atoms with Gasteiger partial charge in [0.05, 0.1) is 35.4 Å². The second kappa shape index (κ2) is 9.75. The monoisotopic (exact) mass is 542 g/mol. The van der Waals surface area contributed by atoms with Crippen LogP contribution < -0.4 is 9.68 Å². The minimum absolute atomic E-state index is 0.0169. The Bertz CT molecular complexity index is 1550. The standard InChI is InChI=1S/C29H31N6O3P/c1-29(2)23-13-7-9-15-25(23)32(3)28(29)27-21-30-34(22-11-5-4-6-12-22)39(27,33-17-19-38-20-18-33)31-24-14-8-10-16-26(24)35(36)37/h4-16,21H,17-20H2,1-3H3/b28-27+/t39-/m0/s1. The van der Waals surface area contributed by atoms with Crippen LogP contribution in [0.5, 0.6) is 0 Å². The largest absolute Gasteiger partial charge is 0.379 e. The summed E-state index contributed by atoms with van der Waals surface area (Å²) in [5.74, 6) is 0. The summed E-state index contributed by atoms with van der Waals surface area (Å²) in [5, 5.41) is 18.1. The predicted molar refractivity (Wildman–Crippen MR) is 157 cm³/mol. The van der Waals surface area contributed by atoms with Crippen molar-refractivity contribution in [2.24, 2.45) is 9.85 Å². The van der Waals surface area contributed by atoms with Crippen molar-refractivity contribution in [1.82, 2.24) is 4.67 Å². The highest BCUT2D eigenvalue weighted by molar-refractivity contribution is 7.71. The molecule has 0 N–H and O–H groups in total. The quantitative estimate of drug-likeness (QED) is 0.206. The van der Waals surface area contributed by atoms with E-state index in [1.165, 1.54) is 11.6 Å². The van der Waals surface area contributed by atoms with Gasteiger partial charge >= 0.3 is 0 Å². The van der Waals surface area contributed by atoms with Crippen LogP contribution in [0.25, 0.3) is 0 Å². The molecule has 0 radical (unpaired) electrons. The third-order valence-corrected chi connectivity index (χ3v) is 11.2. The first-order valence-electron chi connectivity index (χ1n) is 13.0. The van der Waals surface area contributed by atoms with Crippen LogP contribution in [-0.2, 0) is 10.2 Å². The molecule has 1 saturated heterocycles. The number of ether oxygens (including phenoxy) is 1. The van der Waals surface area contributed by atoms with E-state index in [1.54, 1.807) is 18.2 Å². The van der Waals surface area contributed by atoms with E-state index in [1.807, 2.05) is 41.3 Å². The Morgan fingerprint density at radius 1 is 0.974 bits per heavy atom. The van der Waals surface area contributed by atoms with Crippen LogP contribution in [0.4, 0.5) is 22.7 Å². The van der Waals surface area contributed by atoms with Gasteiger partial charge in [-0.05, 0) is 29.8 Å². The van der Waals surface area contributed by atoms with Gasteiger partial charge in [0.25, 0.3) is 5.69 Å². The molecule has 9 nitrogen and oxygen atoms in total. The summed E-state index contributed by atoms with van der Waals surface area (Å²) in [6, 6.07) is 25.2. The van der Waals surface area contributed by atoms with Gasteiger partial charge in [-0.25, -0.2) is 14.2 Å². The minimum Gasteiger partial charge on any atom is -0.379 e. The van der Waals surface area contributed by atoms with Crippen LogP contribution in [0.1, 0.15) is 19.4 Å². The van der Waals surface area contributed by atoms with Crippen LogP contribution in [0.15, 0.2) is 99.7 Å². The van der Waals surface area contributed by atoms with Crippen molar-refractivity contribution < 1.29 is 9.66 Å². The van der Waals surface area contributed by atoms with E-state index in [2.05, 4.69) is 54.7 Å². The number of hydrogen-bond donors (Lipinski definition) is 0. The molecule has 6 rings (SSSR count). The van der Waals surface area contributed by atoms with Gasteiger partial charge in [0.2, 0.25) is 0 Å². The highest BCUT2D eigenvalue weighted by Crippen LogP contribution is 2.71. The Labute approximate surface area is 228 Å². The summed E-state index contributed by atoms with van der Waals surface area (Å²) in [4.78, 5) is 14.0. The number of benzene rings is 3. The Hall–Kier alpha value is -3.78. The Kier molecular flexibility index (Phi) is 6.38. The lowest BCUT2D eigenvalue weighted by atomic mass is 9.84. The van der Waals surface area contributed by atoms with E-state index in [9.17, 15) is 10.1 Å². The molecule has 3 heterocycles. The predicted octanol–water partition coefficient (Wildman–Crippen LogP) is 6.73. The number of morpholine rings is 1. The molecule has 1 fully saturated rings. The molecule has 0 aliphatic carbocycles. The molecule has 39 heavy (non-hydrogen) atoms. The molecule has 3 aliphatic heterocycles. The Morgan fingerprint density at radius 3 is 2.36 bits per heavy atom. The molecule has 1 atom stereocenters. The smallest absolute Gasteiger partial charge is 0.294 e. The van der Waals surface area contributed by atoms with E-state index >= 15 is 0 Å². The number of hydrogen-bond acceptors (Lipinski definition) is 6. The first-order chi connectivity index (χ1) is 18.9. The summed E-state index contributed by atoms with van der Waals surface area (Å²) in [7, 11) is -0.834. The number of hydrazone groups is 1. The van der Waals surface area contributed by atoms with Crippen LogP contribution in [0, 0.1) is 10.1 Å². The molecule has 0 saturated carbocycles. The zero-order valence-corrected chi connectivity index (χ0v) is 23.2. The third kappa shape index (κ3) is 4.00. The molecule has 0 amide bonds. The number of rotatable bonds is 4. The van der Waals surface area contributed by atoms with E-state index in [-0.39, 0.29) is 16.0 Å². The van der Waals surface area contributed by atoms with Gasteiger partial charge in [0, 0.05) is 43.0 Å². The zero-order chi connectivity index (χ0) is 27.2. The summed E-state index contributed by atoms with van der Waals surface area (Å²) < 4.78 is 15.6. The average molecular weight is 543 g/mol. The maximum absolute atomic E-state index is 12.1. The van der Waals surface area contributed by atoms with Crippen molar-refractivity contribution in [1.29, 1.82) is 0 Å². The fourth-order valence-corrected chi connectivity index (χ4v) is 9.75. The van der Waals surface area contributed by atoms with Gasteiger partial charge in [-0.15, -0.1) is 0 Å². The van der Waals surface area contributed by atoms with Gasteiger partial charge in [0.1, 0.15) is 5.69 Å². The topological polar surface area (TPSA) is 86.8 Å². The summed E-state index contributed by atoms with van der Waals surface area (Å²) in [6.07, 6.45) is 1.94. The molecule has 200 valence electrons. The fraction of sp³-hybridized carbons (Fsp3) is 0.276. The van der Waals surface area contributed by atoms with E-state index in [4.69, 9.17) is 14.6 Å². The maximum Gasteiger partial charge on any atom is 0.294 e. The SMILES string of the molecule is CN1/C(=C2\C=NN(c3ccccc3)[P@@]2(=Nc2ccccc2[N+](=O)[O-])N2CCOCC2)C(C)(C)c2ccccc21. The lowest BCUT2D eigenvalue weighted by molar-refractivity contribution is -0.384. The molecule has 3 aromatic carbocycles. The van der Waals surface area contributed by atoms with Gasteiger partial charge < -0.3 is 9.64 Å². The molecule has 3 aliphatic rings. The lowest BCUT2D eigenvalue weighted by Crippen LogP contribution is -2.38. The van der Waals surface area contributed by atoms with Gasteiger partial charge in [-0.1, -0.05) is 62.4 Å². The fourth-order valence-electron chi connectivity index (χ4n) is 5.92. The second-order valence-corrected chi connectivity index (χ2v) is 13.0. The number of anilines is 2. The van der Waals surface area contributed by atoms with Gasteiger partial charge in [-0.3, -0.25) is 10.1 Å². The maximum atomic E-state index is 12.1. The first kappa shape index (κ1) is 25.5. The van der Waals surface area contributed by atoms with E-state index in [0.29, 0.717) is 32.0 Å². The Morgan fingerprint density at radius 2 is 1.64 bits per heavy atom. The molecule has 3 aromatic rings. The molecule has 0 unspecified atom stereocenters. The molecule has 0 bridgehead atoms. The summed E-state index contributed by atoms with van der Waals surface area (Å²) >= 11 is 0. The average Bonchev–Trinajstić information content (AvgIpc) is 3.42. The van der Waals surface area contributed by atoms with Crippen molar-refractivity contribution in [2.75, 3.05) is 43.0 Å². The van der Waals surface area contributed by atoms with Crippen LogP contribution in [0.2, 0.25) is 0 Å². The Balaban J connectivity index is 1.72. The van der Waals surface area contributed by atoms with Crippen molar-refractivity contribution >= 4 is 36.3 Å². The van der Waals surface area contributed by atoms with Gasteiger partial charge in [0.15, 0.2) is 7.36 Å². The third-order valence-electron chi connectivity index (χ3n) is 7.68. The minimum atomic E-state index is -2.92. The first-order valence-corrected chi connectivity index (χ1v) is 14.7. The molecular formula is C29H31N6O3P. The highest BCUT2D eigenvalue weighted by atomic mass is 31.2. The summed E-state index contributed by atoms with van der Waals surface area (Å²) in [5.41, 5.74) is 4.36. The zero-order valence-electron chi connectivity index (χ0n) is 22.3. The van der Waals surface area contributed by atoms with Crippen LogP contribution >= 0.6 is 7.36 Å². The number of likely N-dealkylation sites (N-methyl/N-ethyl adjacent to an activating group) is 1. The van der Waals surface area contributed by atoms with Gasteiger partial charge in [-0.2, -0.15) is 5.10 Å². The van der Waals surface area contributed by atoms with Crippen molar-refractivity contribution in [3.63, 3.8) is 0 Å². The van der Waals surface area contributed by atoms with Crippen molar-refractivity contribution in [2.45, 2.75) is 19.3 Å². The normalized spacial score (nSPS) is 24.2. The highest BCUT2D eigenvalue weighted by Gasteiger charge is 2.50. The van der Waals surface area contributed by atoms with E-state index in [0.717, 1.165) is 22.4 Å². The van der Waals surface area contributed by atoms with Crippen LogP contribution in [0.3, 0.4) is 0 Å². The molecular weight excluding hydrogens is 511 g/mol. The molecule has 10 heteroatoms. The number of para-hydroxylation sites is 3. The van der Waals surface area contributed by atoms with Crippen molar-refractivity contribution in [3.8, 4) is 0 Å². The summed E-state index contributed by atoms with van der Waals surface area (Å²) in [6.45, 7) is 6.85. The van der Waals surface area contributed by atoms with E-state index < -0.39 is 7.36 Å². The van der Waals surface area contributed by atoms with Crippen molar-refractivity contribution in [3.05, 3.63) is 106 Å². The number of fused-ring (bicyclic) bond motifs is 1. The number of nitro benzene ring substituents is 1. The number of nitro groups is 1. The number of nitrogens with zero attached hydrogens (tertiary/aromatic N) is 6. The van der Waals surface area contributed by atoms with Crippen LogP contribution in [-0.4, -0.2) is 49.2 Å². The second-order valence-electron chi connectivity index (χ2n) is 10.3. The lowest BCUT2D eigenvalue weighted by Gasteiger charge is -2.42. The molecule has 0 spiro atoms. The molecule has 0 aromatic heterocycles.